The second kappa shape index (κ2) is 9.07. The summed E-state index contributed by atoms with van der Waals surface area (Å²) in [6.45, 7) is 0. The SMILES string of the molecule is O=C(Oc1ccc(C=NNC(=O)c2sc3ccccc3c2Cl)cc1)c1ccccc1F. The van der Waals surface area contributed by atoms with Gasteiger partial charge in [-0.1, -0.05) is 41.9 Å². The first-order valence-corrected chi connectivity index (χ1v) is 10.3. The predicted octanol–water partition coefficient (Wildman–Crippen LogP) is 5.68. The van der Waals surface area contributed by atoms with Gasteiger partial charge in [0.2, 0.25) is 0 Å². The van der Waals surface area contributed by atoms with Crippen LogP contribution in [0.25, 0.3) is 10.1 Å². The molecule has 1 amide bonds. The summed E-state index contributed by atoms with van der Waals surface area (Å²) in [6, 6.07) is 19.5. The van der Waals surface area contributed by atoms with Crippen LogP contribution in [-0.2, 0) is 0 Å². The smallest absolute Gasteiger partial charge is 0.346 e. The fourth-order valence-electron chi connectivity index (χ4n) is 2.79. The summed E-state index contributed by atoms with van der Waals surface area (Å²) in [5, 5.41) is 5.17. The Morgan fingerprint density at radius 3 is 2.45 bits per heavy atom. The number of halogens is 2. The molecule has 0 saturated carbocycles. The molecule has 1 heterocycles. The second-order valence-corrected chi connectivity index (χ2v) is 7.81. The third-order valence-corrected chi connectivity index (χ3v) is 5.98. The van der Waals surface area contributed by atoms with Crippen LogP contribution in [0.15, 0.2) is 77.9 Å². The number of nitrogens with one attached hydrogen (secondary N) is 1. The van der Waals surface area contributed by atoms with Crippen LogP contribution < -0.4 is 10.2 Å². The van der Waals surface area contributed by atoms with E-state index in [-0.39, 0.29) is 11.3 Å². The number of fused-ring (bicyclic) bond motifs is 1. The van der Waals surface area contributed by atoms with Crippen molar-refractivity contribution in [3.05, 3.63) is 99.6 Å². The summed E-state index contributed by atoms with van der Waals surface area (Å²) >= 11 is 7.59. The molecule has 0 fully saturated rings. The van der Waals surface area contributed by atoms with Crippen molar-refractivity contribution in [1.82, 2.24) is 5.43 Å². The molecule has 4 aromatic rings. The molecule has 0 unspecified atom stereocenters. The second-order valence-electron chi connectivity index (χ2n) is 6.38. The lowest BCUT2D eigenvalue weighted by molar-refractivity contribution is 0.0729. The average molecular weight is 453 g/mol. The fraction of sp³-hybridized carbons (Fsp3) is 0. The first-order valence-electron chi connectivity index (χ1n) is 9.10. The zero-order valence-corrected chi connectivity index (χ0v) is 17.4. The number of hydrogen-bond acceptors (Lipinski definition) is 5. The standard InChI is InChI=1S/C23H14ClFN2O3S/c24-20-17-6-2-4-8-19(17)31-21(20)22(28)27-26-13-14-9-11-15(12-10-14)30-23(29)16-5-1-3-7-18(16)25/h1-13H,(H,27,28). The molecule has 0 atom stereocenters. The van der Waals surface area contributed by atoms with E-state index in [2.05, 4.69) is 10.5 Å². The lowest BCUT2D eigenvalue weighted by atomic mass is 10.2. The molecule has 31 heavy (non-hydrogen) atoms. The van der Waals surface area contributed by atoms with E-state index in [1.807, 2.05) is 24.3 Å². The lowest BCUT2D eigenvalue weighted by Crippen LogP contribution is -2.16. The summed E-state index contributed by atoms with van der Waals surface area (Å²) in [6.07, 6.45) is 1.45. The Balaban J connectivity index is 1.38. The molecule has 5 nitrogen and oxygen atoms in total. The van der Waals surface area contributed by atoms with Crippen LogP contribution in [0.1, 0.15) is 25.6 Å². The summed E-state index contributed by atoms with van der Waals surface area (Å²) in [5.74, 6) is -1.58. The molecule has 154 valence electrons. The highest BCUT2D eigenvalue weighted by Gasteiger charge is 2.16. The zero-order valence-electron chi connectivity index (χ0n) is 15.8. The van der Waals surface area contributed by atoms with Crippen molar-refractivity contribution in [3.8, 4) is 5.75 Å². The van der Waals surface area contributed by atoms with Crippen LogP contribution in [0.5, 0.6) is 5.75 Å². The molecule has 4 rings (SSSR count). The quantitative estimate of drug-likeness (QED) is 0.183. The van der Waals surface area contributed by atoms with Crippen molar-refractivity contribution < 1.29 is 18.7 Å². The molecule has 0 aliphatic carbocycles. The maximum Gasteiger partial charge on any atom is 0.346 e. The molecule has 0 aliphatic heterocycles. The highest BCUT2D eigenvalue weighted by Crippen LogP contribution is 2.34. The van der Waals surface area contributed by atoms with Gasteiger partial charge in [0.15, 0.2) is 0 Å². The Hall–Kier alpha value is -3.55. The van der Waals surface area contributed by atoms with E-state index in [0.29, 0.717) is 15.5 Å². The minimum absolute atomic E-state index is 0.143. The van der Waals surface area contributed by atoms with Gasteiger partial charge in [-0.15, -0.1) is 11.3 Å². The Bertz CT molecular complexity index is 1300. The van der Waals surface area contributed by atoms with Crippen molar-refractivity contribution in [3.63, 3.8) is 0 Å². The van der Waals surface area contributed by atoms with Gasteiger partial charge in [0.1, 0.15) is 16.4 Å². The van der Waals surface area contributed by atoms with E-state index < -0.39 is 17.7 Å². The van der Waals surface area contributed by atoms with Crippen LogP contribution in [0, 0.1) is 5.82 Å². The number of benzene rings is 3. The van der Waals surface area contributed by atoms with Gasteiger partial charge in [-0.05, 0) is 48.0 Å². The first-order chi connectivity index (χ1) is 15.0. The fourth-order valence-corrected chi connectivity index (χ4v) is 4.19. The zero-order chi connectivity index (χ0) is 21.8. The Morgan fingerprint density at radius 2 is 1.71 bits per heavy atom. The van der Waals surface area contributed by atoms with Gasteiger partial charge in [-0.3, -0.25) is 4.79 Å². The maximum absolute atomic E-state index is 13.7. The van der Waals surface area contributed by atoms with Gasteiger partial charge in [-0.2, -0.15) is 5.10 Å². The third-order valence-electron chi connectivity index (χ3n) is 4.31. The maximum atomic E-state index is 13.7. The molecule has 1 aromatic heterocycles. The van der Waals surface area contributed by atoms with Gasteiger partial charge in [0.05, 0.1) is 16.8 Å². The summed E-state index contributed by atoms with van der Waals surface area (Å²) in [7, 11) is 0. The number of ether oxygens (including phenoxy) is 1. The minimum atomic E-state index is -0.785. The molecular weight excluding hydrogens is 439 g/mol. The number of rotatable bonds is 5. The molecular formula is C23H14ClFN2O3S. The summed E-state index contributed by atoms with van der Waals surface area (Å²) < 4.78 is 19.8. The molecule has 1 N–H and O–H groups in total. The summed E-state index contributed by atoms with van der Waals surface area (Å²) in [5.41, 5.74) is 2.97. The van der Waals surface area contributed by atoms with Crippen LogP contribution >= 0.6 is 22.9 Å². The van der Waals surface area contributed by atoms with Gasteiger partial charge >= 0.3 is 5.97 Å². The van der Waals surface area contributed by atoms with E-state index in [9.17, 15) is 14.0 Å². The monoisotopic (exact) mass is 452 g/mol. The number of hydrogen-bond donors (Lipinski definition) is 1. The molecule has 0 aliphatic rings. The number of thiophene rings is 1. The third kappa shape index (κ3) is 4.63. The number of carbonyl (C=O) groups is 2. The van der Waals surface area contributed by atoms with Crippen molar-refractivity contribution >= 4 is 51.1 Å². The number of carbonyl (C=O) groups excluding carboxylic acids is 2. The topological polar surface area (TPSA) is 67.8 Å². The van der Waals surface area contributed by atoms with Gasteiger partial charge in [0.25, 0.3) is 5.91 Å². The first kappa shape index (κ1) is 20.7. The van der Waals surface area contributed by atoms with Gasteiger partial charge < -0.3 is 4.74 Å². The molecule has 0 saturated heterocycles. The van der Waals surface area contributed by atoms with Crippen molar-refractivity contribution in [2.24, 2.45) is 5.10 Å². The average Bonchev–Trinajstić information content (AvgIpc) is 3.12. The molecule has 0 radical (unpaired) electrons. The van der Waals surface area contributed by atoms with E-state index in [1.54, 1.807) is 30.3 Å². The minimum Gasteiger partial charge on any atom is -0.423 e. The highest BCUT2D eigenvalue weighted by molar-refractivity contribution is 7.21. The van der Waals surface area contributed by atoms with Crippen LogP contribution in [0.4, 0.5) is 4.39 Å². The Morgan fingerprint density at radius 1 is 1.00 bits per heavy atom. The predicted molar refractivity (Wildman–Crippen MR) is 120 cm³/mol. The summed E-state index contributed by atoms with van der Waals surface area (Å²) in [4.78, 5) is 24.8. The van der Waals surface area contributed by atoms with E-state index in [4.69, 9.17) is 16.3 Å². The number of amides is 1. The lowest BCUT2D eigenvalue weighted by Gasteiger charge is -2.05. The number of esters is 1. The van der Waals surface area contributed by atoms with Crippen LogP contribution in [0.2, 0.25) is 5.02 Å². The molecule has 8 heteroatoms. The molecule has 3 aromatic carbocycles. The van der Waals surface area contributed by atoms with Crippen molar-refractivity contribution in [2.45, 2.75) is 0 Å². The molecule has 0 spiro atoms. The normalized spacial score (nSPS) is 11.0. The van der Waals surface area contributed by atoms with Crippen LogP contribution in [-0.4, -0.2) is 18.1 Å². The van der Waals surface area contributed by atoms with E-state index in [0.717, 1.165) is 10.1 Å². The Kier molecular flexibility index (Phi) is 6.06. The largest absolute Gasteiger partial charge is 0.423 e. The highest BCUT2D eigenvalue weighted by atomic mass is 35.5. The number of hydrazone groups is 1. The van der Waals surface area contributed by atoms with Gasteiger partial charge in [0, 0.05) is 10.1 Å². The van der Waals surface area contributed by atoms with E-state index in [1.165, 1.54) is 35.8 Å². The van der Waals surface area contributed by atoms with Crippen molar-refractivity contribution in [2.75, 3.05) is 0 Å². The van der Waals surface area contributed by atoms with Gasteiger partial charge in [-0.25, -0.2) is 14.6 Å². The van der Waals surface area contributed by atoms with E-state index >= 15 is 0 Å². The molecule has 0 bridgehead atoms. The van der Waals surface area contributed by atoms with Crippen molar-refractivity contribution in [1.29, 1.82) is 0 Å². The number of nitrogens with zero attached hydrogens (tertiary/aromatic N) is 1. The van der Waals surface area contributed by atoms with Crippen LogP contribution in [0.3, 0.4) is 0 Å². The Labute approximate surface area is 185 Å².